The molecule has 0 saturated carbocycles. The van der Waals surface area contributed by atoms with Crippen LogP contribution in [0.4, 0.5) is 5.82 Å². The highest BCUT2D eigenvalue weighted by Gasteiger charge is 2.29. The van der Waals surface area contributed by atoms with Crippen molar-refractivity contribution in [3.05, 3.63) is 27.7 Å². The molecular formula is C6H4ClN7O4. The van der Waals surface area contributed by atoms with Crippen LogP contribution in [0.1, 0.15) is 11.4 Å². The van der Waals surface area contributed by atoms with Crippen LogP contribution in [0.15, 0.2) is 16.0 Å². The Morgan fingerprint density at radius 1 is 1.67 bits per heavy atom. The lowest BCUT2D eigenvalue weighted by Crippen LogP contribution is -2.16. The summed E-state index contributed by atoms with van der Waals surface area (Å²) in [5, 5.41) is 35.9. The molecule has 12 heteroatoms. The lowest BCUT2D eigenvalue weighted by molar-refractivity contribution is -0.391. The lowest BCUT2D eigenvalue weighted by atomic mass is 10.4. The molecule has 0 aliphatic rings. The van der Waals surface area contributed by atoms with Gasteiger partial charge in [-0.15, -0.1) is 21.3 Å². The molecule has 0 aromatic carbocycles. The Labute approximate surface area is 103 Å². The molecule has 0 aliphatic carbocycles. The van der Waals surface area contributed by atoms with E-state index in [1.54, 1.807) is 0 Å². The minimum atomic E-state index is -0.837. The van der Waals surface area contributed by atoms with Crippen molar-refractivity contribution in [2.24, 2.45) is 5.16 Å². The van der Waals surface area contributed by atoms with Gasteiger partial charge in [0.2, 0.25) is 5.84 Å². The van der Waals surface area contributed by atoms with E-state index in [9.17, 15) is 10.1 Å². The highest BCUT2D eigenvalue weighted by molar-refractivity contribution is 6.16. The maximum atomic E-state index is 10.6. The standard InChI is InChI=1S/C6H4ClN7O4/c7-1-3-2-13(12-8-3)5(9-15)4-6(14(16)17)11-18-10-4/h2,15H,1H2/b9-5+. The first-order valence-electron chi connectivity index (χ1n) is 4.34. The van der Waals surface area contributed by atoms with Crippen LogP contribution in [0.25, 0.3) is 0 Å². The van der Waals surface area contributed by atoms with Gasteiger partial charge in [-0.25, -0.2) is 0 Å². The molecule has 0 unspecified atom stereocenters. The van der Waals surface area contributed by atoms with E-state index in [1.807, 2.05) is 0 Å². The van der Waals surface area contributed by atoms with Crippen molar-refractivity contribution in [3.63, 3.8) is 0 Å². The Morgan fingerprint density at radius 2 is 2.44 bits per heavy atom. The average Bonchev–Trinajstić information content (AvgIpc) is 2.98. The highest BCUT2D eigenvalue weighted by atomic mass is 35.5. The van der Waals surface area contributed by atoms with Gasteiger partial charge in [-0.3, -0.25) is 0 Å². The molecule has 0 saturated heterocycles. The number of nitrogens with zero attached hydrogens (tertiary/aromatic N) is 7. The third kappa shape index (κ3) is 1.98. The smallest absolute Gasteiger partial charge is 0.409 e. The van der Waals surface area contributed by atoms with Gasteiger partial charge in [0.05, 0.1) is 17.8 Å². The molecule has 1 N–H and O–H groups in total. The first-order valence-corrected chi connectivity index (χ1v) is 4.87. The van der Waals surface area contributed by atoms with Crippen molar-refractivity contribution >= 4 is 23.3 Å². The van der Waals surface area contributed by atoms with E-state index in [-0.39, 0.29) is 17.4 Å². The number of alkyl halides is 1. The van der Waals surface area contributed by atoms with Gasteiger partial charge in [-0.2, -0.15) is 4.68 Å². The van der Waals surface area contributed by atoms with Crippen LogP contribution in [-0.2, 0) is 5.88 Å². The topological polar surface area (TPSA) is 145 Å². The number of nitro groups is 1. The van der Waals surface area contributed by atoms with Crippen molar-refractivity contribution in [1.29, 1.82) is 0 Å². The van der Waals surface area contributed by atoms with Gasteiger partial charge in [0.15, 0.2) is 5.16 Å². The third-order valence-electron chi connectivity index (χ3n) is 1.85. The fourth-order valence-electron chi connectivity index (χ4n) is 1.11. The molecule has 0 amide bonds. The van der Waals surface area contributed by atoms with Crippen LogP contribution in [0.3, 0.4) is 0 Å². The van der Waals surface area contributed by atoms with Crippen LogP contribution in [0, 0.1) is 10.1 Å². The van der Waals surface area contributed by atoms with Gasteiger partial charge in [0.25, 0.3) is 5.69 Å². The first-order chi connectivity index (χ1) is 8.67. The second-order valence-electron chi connectivity index (χ2n) is 2.91. The number of aromatic nitrogens is 5. The summed E-state index contributed by atoms with van der Waals surface area (Å²) >= 11 is 5.52. The Kier molecular flexibility index (Phi) is 3.14. The first kappa shape index (κ1) is 11.9. The van der Waals surface area contributed by atoms with E-state index in [2.05, 4.69) is 30.4 Å². The minimum absolute atomic E-state index is 0.0812. The van der Waals surface area contributed by atoms with Gasteiger partial charge >= 0.3 is 5.82 Å². The number of halogens is 1. The third-order valence-corrected chi connectivity index (χ3v) is 2.12. The van der Waals surface area contributed by atoms with E-state index in [0.29, 0.717) is 5.69 Å². The number of hydrogen-bond acceptors (Lipinski definition) is 9. The molecule has 94 valence electrons. The largest absolute Gasteiger partial charge is 0.446 e. The average molecular weight is 274 g/mol. The fraction of sp³-hybridized carbons (Fsp3) is 0.167. The Balaban J connectivity index is 2.46. The van der Waals surface area contributed by atoms with Crippen LogP contribution in [-0.4, -0.2) is 41.3 Å². The van der Waals surface area contributed by atoms with Crippen molar-refractivity contribution in [2.45, 2.75) is 5.88 Å². The van der Waals surface area contributed by atoms with E-state index in [4.69, 9.17) is 16.8 Å². The fourth-order valence-corrected chi connectivity index (χ4v) is 1.23. The Hall–Kier alpha value is -2.56. The van der Waals surface area contributed by atoms with Crippen LogP contribution >= 0.6 is 11.6 Å². The summed E-state index contributed by atoms with van der Waals surface area (Å²) < 4.78 is 5.19. The normalized spacial score (nSPS) is 11.7. The maximum absolute atomic E-state index is 10.6. The molecule has 0 fully saturated rings. The predicted octanol–water partition coefficient (Wildman–Crippen LogP) is -0.00780. The summed E-state index contributed by atoms with van der Waals surface area (Å²) in [6, 6.07) is 0. The lowest BCUT2D eigenvalue weighted by Gasteiger charge is -1.97. The summed E-state index contributed by atoms with van der Waals surface area (Å²) in [6.07, 6.45) is 1.32. The quantitative estimate of drug-likeness (QED) is 0.205. The molecule has 0 atom stereocenters. The minimum Gasteiger partial charge on any atom is -0.409 e. The molecule has 18 heavy (non-hydrogen) atoms. The molecule has 2 aromatic heterocycles. The van der Waals surface area contributed by atoms with E-state index < -0.39 is 10.7 Å². The van der Waals surface area contributed by atoms with Gasteiger partial charge in [-0.05, 0) is 10.1 Å². The Bertz CT molecular complexity index is 605. The molecule has 2 heterocycles. The molecule has 2 rings (SSSR count). The molecule has 11 nitrogen and oxygen atoms in total. The summed E-state index contributed by atoms with van der Waals surface area (Å²) in [7, 11) is 0. The molecule has 0 spiro atoms. The van der Waals surface area contributed by atoms with Crippen LogP contribution in [0.5, 0.6) is 0 Å². The van der Waals surface area contributed by atoms with Gasteiger partial charge < -0.3 is 15.3 Å². The summed E-state index contributed by atoms with van der Waals surface area (Å²) in [4.78, 5) is 9.80. The number of hydrogen-bond donors (Lipinski definition) is 1. The summed E-state index contributed by atoms with van der Waals surface area (Å²) in [6.45, 7) is 0. The van der Waals surface area contributed by atoms with Gasteiger partial charge in [0, 0.05) is 0 Å². The molecule has 0 bridgehead atoms. The number of rotatable bonds is 3. The maximum Gasteiger partial charge on any atom is 0.446 e. The van der Waals surface area contributed by atoms with Crippen molar-refractivity contribution < 1.29 is 14.8 Å². The van der Waals surface area contributed by atoms with E-state index >= 15 is 0 Å². The molecule has 0 radical (unpaired) electrons. The highest BCUT2D eigenvalue weighted by Crippen LogP contribution is 2.14. The SMILES string of the molecule is O=[N+]([O-])c1nonc1/C(=N\O)n1cc(CCl)nn1. The Morgan fingerprint density at radius 3 is 3.00 bits per heavy atom. The van der Waals surface area contributed by atoms with Gasteiger partial charge in [0.1, 0.15) is 0 Å². The molecular weight excluding hydrogens is 270 g/mol. The van der Waals surface area contributed by atoms with Gasteiger partial charge in [-0.1, -0.05) is 10.4 Å². The zero-order valence-electron chi connectivity index (χ0n) is 8.46. The van der Waals surface area contributed by atoms with E-state index in [1.165, 1.54) is 6.20 Å². The van der Waals surface area contributed by atoms with Crippen LogP contribution < -0.4 is 0 Å². The van der Waals surface area contributed by atoms with E-state index in [0.717, 1.165) is 4.68 Å². The zero-order chi connectivity index (χ0) is 13.1. The van der Waals surface area contributed by atoms with Crippen LogP contribution in [0.2, 0.25) is 0 Å². The molecule has 2 aromatic rings. The monoisotopic (exact) mass is 273 g/mol. The molecule has 0 aliphatic heterocycles. The second kappa shape index (κ2) is 4.75. The van der Waals surface area contributed by atoms with Crippen molar-refractivity contribution in [2.75, 3.05) is 0 Å². The number of oxime groups is 1. The zero-order valence-corrected chi connectivity index (χ0v) is 9.22. The van der Waals surface area contributed by atoms with Crippen molar-refractivity contribution in [1.82, 2.24) is 25.3 Å². The summed E-state index contributed by atoms with van der Waals surface area (Å²) in [5.41, 5.74) is 0.00504. The predicted molar refractivity (Wildman–Crippen MR) is 54.3 cm³/mol. The second-order valence-corrected chi connectivity index (χ2v) is 3.17. The van der Waals surface area contributed by atoms with Crippen molar-refractivity contribution in [3.8, 4) is 0 Å². The summed E-state index contributed by atoms with van der Waals surface area (Å²) in [5.74, 6) is -0.977.